The number of nitro benzene ring substituents is 1. The number of non-ortho nitro benzene ring substituents is 1. The van der Waals surface area contributed by atoms with E-state index in [9.17, 15) is 14.9 Å². The number of nitrogens with zero attached hydrogens (tertiary/aromatic N) is 2. The number of aromatic nitrogens is 1. The predicted octanol–water partition coefficient (Wildman–Crippen LogP) is 3.62. The van der Waals surface area contributed by atoms with Gasteiger partial charge in [-0.2, -0.15) is 0 Å². The average molecular weight is 344 g/mol. The van der Waals surface area contributed by atoms with Gasteiger partial charge in [-0.1, -0.05) is 0 Å². The molecule has 3 rings (SSSR count). The number of benzene rings is 1. The van der Waals surface area contributed by atoms with Crippen molar-refractivity contribution in [3.63, 3.8) is 0 Å². The first-order valence-corrected chi connectivity index (χ1v) is 8.09. The Hall–Kier alpha value is -2.83. The van der Waals surface area contributed by atoms with Gasteiger partial charge in [0.2, 0.25) is 5.78 Å². The minimum Gasteiger partial charge on any atom is -0.493 e. The summed E-state index contributed by atoms with van der Waals surface area (Å²) in [4.78, 5) is 22.8. The largest absolute Gasteiger partial charge is 0.493 e. The zero-order valence-electron chi connectivity index (χ0n) is 14.4. The topological polar surface area (TPSA) is 83.6 Å². The maximum absolute atomic E-state index is 12.5. The molecular weight excluding hydrogens is 324 g/mol. The van der Waals surface area contributed by atoms with Gasteiger partial charge in [0, 0.05) is 29.1 Å². The second-order valence-corrected chi connectivity index (χ2v) is 6.19. The number of rotatable bonds is 7. The number of ketones is 1. The highest BCUT2D eigenvalue weighted by Crippen LogP contribution is 2.38. The van der Waals surface area contributed by atoms with Crippen LogP contribution in [0.1, 0.15) is 40.6 Å². The second-order valence-electron chi connectivity index (χ2n) is 6.19. The van der Waals surface area contributed by atoms with Crippen molar-refractivity contribution in [2.75, 3.05) is 13.7 Å². The number of hydrogen-bond acceptors (Lipinski definition) is 5. The smallest absolute Gasteiger partial charge is 0.273 e. The molecule has 132 valence electrons. The standard InChI is InChI=1S/C18H20N2O5/c1-11-8-15(12(2)19(11)13-4-5-13)16(21)10-25-17-7-6-14(20(22)23)9-18(17)24-3/h6-9,13H,4-5,10H2,1-3H3. The van der Waals surface area contributed by atoms with Crippen molar-refractivity contribution in [3.05, 3.63) is 51.3 Å². The summed E-state index contributed by atoms with van der Waals surface area (Å²) in [6.45, 7) is 3.80. The molecule has 1 saturated carbocycles. The van der Waals surface area contributed by atoms with Crippen LogP contribution in [0, 0.1) is 24.0 Å². The van der Waals surface area contributed by atoms with E-state index in [2.05, 4.69) is 4.57 Å². The first-order valence-electron chi connectivity index (χ1n) is 8.09. The summed E-state index contributed by atoms with van der Waals surface area (Å²) in [5.41, 5.74) is 2.61. The maximum atomic E-state index is 12.5. The van der Waals surface area contributed by atoms with Crippen molar-refractivity contribution in [3.8, 4) is 11.5 Å². The highest BCUT2D eigenvalue weighted by molar-refractivity contribution is 5.98. The number of Topliss-reactive ketones (excluding diaryl/α,β-unsaturated/α-hetero) is 1. The number of hydrogen-bond donors (Lipinski definition) is 0. The summed E-state index contributed by atoms with van der Waals surface area (Å²) in [6, 6.07) is 6.45. The maximum Gasteiger partial charge on any atom is 0.273 e. The van der Waals surface area contributed by atoms with E-state index in [0.29, 0.717) is 17.4 Å². The van der Waals surface area contributed by atoms with Gasteiger partial charge in [-0.15, -0.1) is 0 Å². The quantitative estimate of drug-likeness (QED) is 0.435. The van der Waals surface area contributed by atoms with Crippen molar-refractivity contribution in [2.45, 2.75) is 32.7 Å². The molecule has 0 N–H and O–H groups in total. The number of carbonyl (C=O) groups excluding carboxylic acids is 1. The van der Waals surface area contributed by atoms with Gasteiger partial charge in [0.1, 0.15) is 0 Å². The third kappa shape index (κ3) is 3.35. The number of aryl methyl sites for hydroxylation is 1. The molecule has 1 aliphatic carbocycles. The monoisotopic (exact) mass is 344 g/mol. The minimum absolute atomic E-state index is 0.0940. The summed E-state index contributed by atoms with van der Waals surface area (Å²) < 4.78 is 12.9. The van der Waals surface area contributed by atoms with Gasteiger partial charge < -0.3 is 14.0 Å². The van der Waals surface area contributed by atoms with Crippen LogP contribution < -0.4 is 9.47 Å². The first-order chi connectivity index (χ1) is 11.9. The molecule has 0 atom stereocenters. The van der Waals surface area contributed by atoms with Gasteiger partial charge in [0.15, 0.2) is 18.1 Å². The lowest BCUT2D eigenvalue weighted by atomic mass is 10.1. The van der Waals surface area contributed by atoms with E-state index in [-0.39, 0.29) is 23.8 Å². The normalized spacial score (nSPS) is 13.6. The van der Waals surface area contributed by atoms with Gasteiger partial charge in [0.25, 0.3) is 5.69 Å². The summed E-state index contributed by atoms with van der Waals surface area (Å²) in [5.74, 6) is 0.406. The predicted molar refractivity (Wildman–Crippen MR) is 91.7 cm³/mol. The van der Waals surface area contributed by atoms with Crippen molar-refractivity contribution in [2.24, 2.45) is 0 Å². The van der Waals surface area contributed by atoms with Gasteiger partial charge in [-0.05, 0) is 38.8 Å². The Bertz CT molecular complexity index is 836. The van der Waals surface area contributed by atoms with Gasteiger partial charge >= 0.3 is 0 Å². The fourth-order valence-corrected chi connectivity index (χ4v) is 3.06. The Morgan fingerprint density at radius 2 is 2.00 bits per heavy atom. The molecule has 7 nitrogen and oxygen atoms in total. The van der Waals surface area contributed by atoms with Crippen LogP contribution >= 0.6 is 0 Å². The summed E-state index contributed by atoms with van der Waals surface area (Å²) in [5, 5.41) is 10.8. The van der Waals surface area contributed by atoms with E-state index in [1.807, 2.05) is 19.9 Å². The molecule has 0 saturated heterocycles. The van der Waals surface area contributed by atoms with Crippen LogP contribution in [0.3, 0.4) is 0 Å². The zero-order valence-corrected chi connectivity index (χ0v) is 14.4. The number of ether oxygens (including phenoxy) is 2. The van der Waals surface area contributed by atoms with Crippen molar-refractivity contribution in [1.82, 2.24) is 4.57 Å². The molecule has 0 bridgehead atoms. The molecule has 0 unspecified atom stereocenters. The van der Waals surface area contributed by atoms with Crippen LogP contribution in [0.15, 0.2) is 24.3 Å². The SMILES string of the molecule is COc1cc([N+](=O)[O-])ccc1OCC(=O)c1cc(C)n(C2CC2)c1C. The summed E-state index contributed by atoms with van der Waals surface area (Å²) >= 11 is 0. The minimum atomic E-state index is -0.510. The van der Waals surface area contributed by atoms with Crippen LogP contribution in [0.5, 0.6) is 11.5 Å². The molecule has 1 heterocycles. The lowest BCUT2D eigenvalue weighted by Crippen LogP contribution is -2.13. The van der Waals surface area contributed by atoms with Gasteiger partial charge in [-0.3, -0.25) is 14.9 Å². The van der Waals surface area contributed by atoms with E-state index in [0.717, 1.165) is 24.2 Å². The number of carbonyl (C=O) groups is 1. The Morgan fingerprint density at radius 1 is 1.28 bits per heavy atom. The van der Waals surface area contributed by atoms with Crippen molar-refractivity contribution >= 4 is 11.5 Å². The molecule has 0 amide bonds. The molecule has 1 aliphatic rings. The first kappa shape index (κ1) is 17.0. The van der Waals surface area contributed by atoms with Crippen LogP contribution in [0.4, 0.5) is 5.69 Å². The Balaban J connectivity index is 1.74. The van der Waals surface area contributed by atoms with Crippen LogP contribution in [-0.2, 0) is 0 Å². The van der Waals surface area contributed by atoms with Crippen LogP contribution in [0.2, 0.25) is 0 Å². The van der Waals surface area contributed by atoms with E-state index in [1.165, 1.54) is 25.3 Å². The second kappa shape index (κ2) is 6.58. The third-order valence-electron chi connectivity index (χ3n) is 4.41. The van der Waals surface area contributed by atoms with Crippen molar-refractivity contribution < 1.29 is 19.2 Å². The zero-order chi connectivity index (χ0) is 18.1. The van der Waals surface area contributed by atoms with Crippen LogP contribution in [0.25, 0.3) is 0 Å². The Morgan fingerprint density at radius 3 is 2.60 bits per heavy atom. The van der Waals surface area contributed by atoms with E-state index < -0.39 is 4.92 Å². The average Bonchev–Trinajstić information content (AvgIpc) is 3.37. The van der Waals surface area contributed by atoms with Gasteiger partial charge in [-0.25, -0.2) is 0 Å². The van der Waals surface area contributed by atoms with Crippen LogP contribution in [-0.4, -0.2) is 29.0 Å². The highest BCUT2D eigenvalue weighted by Gasteiger charge is 2.28. The molecule has 7 heteroatoms. The van der Waals surface area contributed by atoms with Gasteiger partial charge in [0.05, 0.1) is 18.1 Å². The molecule has 25 heavy (non-hydrogen) atoms. The molecule has 0 radical (unpaired) electrons. The fourth-order valence-electron chi connectivity index (χ4n) is 3.06. The fraction of sp³-hybridized carbons (Fsp3) is 0.389. The number of methoxy groups -OCH3 is 1. The molecule has 1 aromatic carbocycles. The molecular formula is C18H20N2O5. The highest BCUT2D eigenvalue weighted by atomic mass is 16.6. The molecule has 0 aliphatic heterocycles. The van der Waals surface area contributed by atoms with E-state index >= 15 is 0 Å². The van der Waals surface area contributed by atoms with E-state index in [1.54, 1.807) is 0 Å². The lowest BCUT2D eigenvalue weighted by molar-refractivity contribution is -0.384. The molecule has 1 aromatic heterocycles. The Kier molecular flexibility index (Phi) is 4.48. The molecule has 2 aromatic rings. The third-order valence-corrected chi connectivity index (χ3v) is 4.41. The van der Waals surface area contributed by atoms with E-state index in [4.69, 9.17) is 9.47 Å². The summed E-state index contributed by atoms with van der Waals surface area (Å²) in [6.07, 6.45) is 2.31. The molecule has 1 fully saturated rings. The summed E-state index contributed by atoms with van der Waals surface area (Å²) in [7, 11) is 1.40. The lowest BCUT2D eigenvalue weighted by Gasteiger charge is -2.10. The number of nitro groups is 1. The van der Waals surface area contributed by atoms with Crippen molar-refractivity contribution in [1.29, 1.82) is 0 Å². The Labute approximate surface area is 145 Å². The molecule has 0 spiro atoms.